The van der Waals surface area contributed by atoms with E-state index in [2.05, 4.69) is 19.1 Å². The summed E-state index contributed by atoms with van der Waals surface area (Å²) < 4.78 is 5.13. The van der Waals surface area contributed by atoms with Crippen LogP contribution in [0, 0.1) is 17.3 Å². The van der Waals surface area contributed by atoms with Crippen LogP contribution >= 0.6 is 11.6 Å². The number of allylic oxidation sites excluding steroid dienone is 2. The summed E-state index contributed by atoms with van der Waals surface area (Å²) in [6.45, 7) is 2.72. The summed E-state index contributed by atoms with van der Waals surface area (Å²) in [4.78, 5) is 10.9. The first-order chi connectivity index (χ1) is 6.64. The third-order valence-corrected chi connectivity index (χ3v) is 3.69. The fourth-order valence-corrected chi connectivity index (χ4v) is 2.72. The highest BCUT2D eigenvalue weighted by Crippen LogP contribution is 2.51. The molecule has 0 aromatic heterocycles. The van der Waals surface area contributed by atoms with Gasteiger partial charge in [-0.15, -0.1) is 11.6 Å². The zero-order valence-corrected chi connectivity index (χ0v) is 9.09. The summed E-state index contributed by atoms with van der Waals surface area (Å²) >= 11 is 5.37. The Morgan fingerprint density at radius 1 is 1.64 bits per heavy atom. The average molecular weight is 215 g/mol. The molecule has 0 unspecified atom stereocenters. The molecule has 2 bridgehead atoms. The Morgan fingerprint density at radius 3 is 2.93 bits per heavy atom. The van der Waals surface area contributed by atoms with Gasteiger partial charge in [-0.25, -0.2) is 0 Å². The minimum Gasteiger partial charge on any atom is -0.464 e. The molecule has 0 aliphatic heterocycles. The maximum atomic E-state index is 10.9. The molecule has 2 rings (SSSR count). The quantitative estimate of drug-likeness (QED) is 0.410. The summed E-state index contributed by atoms with van der Waals surface area (Å²) in [5.41, 5.74) is 0.154. The van der Waals surface area contributed by atoms with E-state index in [0.717, 1.165) is 6.42 Å². The number of halogens is 1. The van der Waals surface area contributed by atoms with Crippen LogP contribution in [-0.2, 0) is 9.53 Å². The van der Waals surface area contributed by atoms with Gasteiger partial charge < -0.3 is 4.74 Å². The summed E-state index contributed by atoms with van der Waals surface area (Å²) in [7, 11) is 0. The number of esters is 1. The lowest BCUT2D eigenvalue weighted by Crippen LogP contribution is -2.29. The maximum absolute atomic E-state index is 10.9. The average Bonchev–Trinajstić information content (AvgIpc) is 2.74. The van der Waals surface area contributed by atoms with Crippen molar-refractivity contribution >= 4 is 17.6 Å². The van der Waals surface area contributed by atoms with Gasteiger partial charge in [-0.1, -0.05) is 19.1 Å². The topological polar surface area (TPSA) is 26.3 Å². The Labute approximate surface area is 89.3 Å². The number of carbonyl (C=O) groups is 1. The molecule has 1 fully saturated rings. The predicted molar refractivity (Wildman–Crippen MR) is 55.1 cm³/mol. The van der Waals surface area contributed by atoms with Crippen LogP contribution in [0.2, 0.25) is 0 Å². The van der Waals surface area contributed by atoms with Gasteiger partial charge in [0.25, 0.3) is 0 Å². The second-order valence-corrected chi connectivity index (χ2v) is 4.91. The second kappa shape index (κ2) is 3.58. The van der Waals surface area contributed by atoms with Gasteiger partial charge in [0.15, 0.2) is 0 Å². The fourth-order valence-electron chi connectivity index (χ4n) is 2.64. The number of alkyl halides is 1. The monoisotopic (exact) mass is 214 g/mol. The third kappa shape index (κ3) is 1.68. The van der Waals surface area contributed by atoms with E-state index in [1.807, 2.05) is 0 Å². The van der Waals surface area contributed by atoms with E-state index in [4.69, 9.17) is 16.3 Å². The van der Waals surface area contributed by atoms with Crippen LogP contribution in [0.3, 0.4) is 0 Å². The first-order valence-electron chi connectivity index (χ1n) is 5.04. The number of hydrogen-bond acceptors (Lipinski definition) is 2. The summed E-state index contributed by atoms with van der Waals surface area (Å²) in [6, 6.07) is 0. The van der Waals surface area contributed by atoms with Crippen LogP contribution in [0.4, 0.5) is 0 Å². The molecule has 0 saturated heterocycles. The van der Waals surface area contributed by atoms with E-state index < -0.39 is 0 Å². The van der Waals surface area contributed by atoms with Crippen molar-refractivity contribution in [1.82, 2.24) is 0 Å². The molecule has 1 saturated carbocycles. The van der Waals surface area contributed by atoms with Crippen molar-refractivity contribution in [3.05, 3.63) is 12.2 Å². The molecule has 2 aliphatic carbocycles. The molecule has 0 amide bonds. The smallest absolute Gasteiger partial charge is 0.320 e. The Hall–Kier alpha value is -0.500. The van der Waals surface area contributed by atoms with Gasteiger partial charge in [0, 0.05) is 5.41 Å². The van der Waals surface area contributed by atoms with Crippen LogP contribution in [0.5, 0.6) is 0 Å². The van der Waals surface area contributed by atoms with Crippen molar-refractivity contribution < 1.29 is 9.53 Å². The Bertz CT molecular complexity index is 274. The van der Waals surface area contributed by atoms with Crippen molar-refractivity contribution in [3.63, 3.8) is 0 Å². The zero-order chi connectivity index (χ0) is 10.2. The molecular weight excluding hydrogens is 200 g/mol. The van der Waals surface area contributed by atoms with E-state index in [9.17, 15) is 4.79 Å². The van der Waals surface area contributed by atoms with E-state index in [-0.39, 0.29) is 17.3 Å². The van der Waals surface area contributed by atoms with Gasteiger partial charge in [0.05, 0.1) is 6.61 Å². The first-order valence-corrected chi connectivity index (χ1v) is 5.57. The fraction of sp³-hybridized carbons (Fsp3) is 0.727. The molecule has 0 N–H and O–H groups in total. The first kappa shape index (κ1) is 10.0. The number of hydrogen-bond donors (Lipinski definition) is 0. The molecule has 0 radical (unpaired) electrons. The minimum absolute atomic E-state index is 0.0417. The number of ether oxygens (including phenoxy) is 1. The highest BCUT2D eigenvalue weighted by atomic mass is 35.5. The number of rotatable bonds is 3. The molecule has 78 valence electrons. The van der Waals surface area contributed by atoms with Gasteiger partial charge in [0.2, 0.25) is 0 Å². The van der Waals surface area contributed by atoms with Crippen LogP contribution in [0.25, 0.3) is 0 Å². The van der Waals surface area contributed by atoms with Crippen LogP contribution in [0.1, 0.15) is 19.8 Å². The molecule has 0 aromatic carbocycles. The van der Waals surface area contributed by atoms with Crippen molar-refractivity contribution in [2.45, 2.75) is 19.8 Å². The number of carbonyl (C=O) groups excluding carboxylic acids is 1. The minimum atomic E-state index is -0.306. The van der Waals surface area contributed by atoms with E-state index >= 15 is 0 Å². The van der Waals surface area contributed by atoms with Crippen LogP contribution in [-0.4, -0.2) is 18.5 Å². The maximum Gasteiger partial charge on any atom is 0.320 e. The molecule has 0 spiro atoms. The van der Waals surface area contributed by atoms with E-state index in [0.29, 0.717) is 18.4 Å². The van der Waals surface area contributed by atoms with Crippen molar-refractivity contribution in [3.8, 4) is 0 Å². The summed E-state index contributed by atoms with van der Waals surface area (Å²) in [6.07, 6.45) is 6.93. The second-order valence-electron chi connectivity index (χ2n) is 4.64. The lowest BCUT2D eigenvalue weighted by molar-refractivity contribution is -0.144. The normalized spacial score (nSPS) is 39.0. The molecule has 2 aliphatic rings. The molecule has 14 heavy (non-hydrogen) atoms. The number of fused-ring (bicyclic) bond motifs is 2. The van der Waals surface area contributed by atoms with Gasteiger partial charge in [-0.2, -0.15) is 0 Å². The zero-order valence-electron chi connectivity index (χ0n) is 8.33. The molecule has 0 aromatic rings. The lowest BCUT2D eigenvalue weighted by atomic mass is 9.78. The van der Waals surface area contributed by atoms with Crippen molar-refractivity contribution in [2.75, 3.05) is 12.5 Å². The van der Waals surface area contributed by atoms with Gasteiger partial charge in [-0.05, 0) is 24.7 Å². The largest absolute Gasteiger partial charge is 0.464 e. The van der Waals surface area contributed by atoms with Crippen molar-refractivity contribution in [1.29, 1.82) is 0 Å². The Balaban J connectivity index is 1.91. The molecular formula is C11H15ClO2. The SMILES string of the molecule is C[C@@]1(COC(=O)CCl)C[C@H]2C=C[C@H]1C2. The van der Waals surface area contributed by atoms with Crippen LogP contribution in [0.15, 0.2) is 12.2 Å². The van der Waals surface area contributed by atoms with Gasteiger partial charge >= 0.3 is 5.97 Å². The lowest BCUT2D eigenvalue weighted by Gasteiger charge is -2.30. The van der Waals surface area contributed by atoms with Gasteiger partial charge in [-0.3, -0.25) is 4.79 Å². The van der Waals surface area contributed by atoms with E-state index in [1.165, 1.54) is 6.42 Å². The van der Waals surface area contributed by atoms with E-state index in [1.54, 1.807) is 0 Å². The van der Waals surface area contributed by atoms with Crippen molar-refractivity contribution in [2.24, 2.45) is 17.3 Å². The molecule has 3 atom stereocenters. The van der Waals surface area contributed by atoms with Crippen LogP contribution < -0.4 is 0 Å². The standard InChI is InChI=1S/C11H15ClO2/c1-11(7-14-10(13)6-12)5-8-2-3-9(11)4-8/h2-3,8-9H,4-7H2,1H3/t8-,9-,11-/m0/s1. The highest BCUT2D eigenvalue weighted by molar-refractivity contribution is 6.26. The third-order valence-electron chi connectivity index (χ3n) is 3.47. The molecule has 3 heteroatoms. The summed E-state index contributed by atoms with van der Waals surface area (Å²) in [5, 5.41) is 0. The molecule has 0 heterocycles. The Morgan fingerprint density at radius 2 is 2.43 bits per heavy atom. The highest BCUT2D eigenvalue weighted by Gasteiger charge is 2.45. The predicted octanol–water partition coefficient (Wildman–Crippen LogP) is 2.37. The molecule has 2 nitrogen and oxygen atoms in total. The van der Waals surface area contributed by atoms with Gasteiger partial charge in [0.1, 0.15) is 5.88 Å². The summed E-state index contributed by atoms with van der Waals surface area (Å²) in [5.74, 6) is 0.954. The Kier molecular flexibility index (Phi) is 2.56.